The highest BCUT2D eigenvalue weighted by Crippen LogP contribution is 2.23. The molecule has 0 atom stereocenters. The van der Waals surface area contributed by atoms with Crippen LogP contribution >= 0.6 is 0 Å². The zero-order chi connectivity index (χ0) is 17.3. The maximum absolute atomic E-state index is 12.9. The molecule has 0 spiro atoms. The van der Waals surface area contributed by atoms with E-state index in [1.165, 1.54) is 0 Å². The third-order valence-electron chi connectivity index (χ3n) is 4.94. The monoisotopic (exact) mass is 330 g/mol. The van der Waals surface area contributed by atoms with Gasteiger partial charge in [0, 0.05) is 51.2 Å². The van der Waals surface area contributed by atoms with Gasteiger partial charge in [0.2, 0.25) is 0 Å². The SMILES string of the molecule is Cc1oc(C)c(C(=O)N2CCCN(Cc3nccn3C)CC2)c1C. The van der Waals surface area contributed by atoms with Crippen LogP contribution in [0.2, 0.25) is 0 Å². The van der Waals surface area contributed by atoms with Gasteiger partial charge in [-0.2, -0.15) is 0 Å². The first-order valence-electron chi connectivity index (χ1n) is 8.51. The van der Waals surface area contributed by atoms with Crippen molar-refractivity contribution in [2.24, 2.45) is 7.05 Å². The number of carbonyl (C=O) groups is 1. The molecule has 1 aliphatic heterocycles. The summed E-state index contributed by atoms with van der Waals surface area (Å²) in [4.78, 5) is 21.6. The van der Waals surface area contributed by atoms with Gasteiger partial charge in [0.25, 0.3) is 5.91 Å². The number of furan rings is 1. The highest BCUT2D eigenvalue weighted by atomic mass is 16.3. The number of amides is 1. The number of hydrogen-bond donors (Lipinski definition) is 0. The van der Waals surface area contributed by atoms with Crippen LogP contribution in [0.1, 0.15) is 39.7 Å². The first-order valence-corrected chi connectivity index (χ1v) is 8.51. The van der Waals surface area contributed by atoms with E-state index in [1.807, 2.05) is 45.1 Å². The van der Waals surface area contributed by atoms with Crippen LogP contribution in [0.25, 0.3) is 0 Å². The Bertz CT molecular complexity index is 731. The molecule has 0 aliphatic carbocycles. The van der Waals surface area contributed by atoms with Crippen LogP contribution in [-0.4, -0.2) is 51.4 Å². The second kappa shape index (κ2) is 6.81. The summed E-state index contributed by atoms with van der Waals surface area (Å²) >= 11 is 0. The average molecular weight is 330 g/mol. The molecule has 3 rings (SSSR count). The summed E-state index contributed by atoms with van der Waals surface area (Å²) in [5.41, 5.74) is 1.71. The number of carbonyl (C=O) groups excluding carboxylic acids is 1. The van der Waals surface area contributed by atoms with Gasteiger partial charge in [-0.1, -0.05) is 0 Å². The summed E-state index contributed by atoms with van der Waals surface area (Å²) in [6.07, 6.45) is 4.77. The lowest BCUT2D eigenvalue weighted by atomic mass is 10.1. The summed E-state index contributed by atoms with van der Waals surface area (Å²) in [6.45, 7) is 9.96. The fourth-order valence-corrected chi connectivity index (χ4v) is 3.35. The minimum Gasteiger partial charge on any atom is -0.466 e. The second-order valence-corrected chi connectivity index (χ2v) is 6.59. The second-order valence-electron chi connectivity index (χ2n) is 6.59. The van der Waals surface area contributed by atoms with Gasteiger partial charge in [0.1, 0.15) is 17.3 Å². The van der Waals surface area contributed by atoms with E-state index in [9.17, 15) is 4.79 Å². The van der Waals surface area contributed by atoms with Gasteiger partial charge in [-0.15, -0.1) is 0 Å². The molecular weight excluding hydrogens is 304 g/mol. The lowest BCUT2D eigenvalue weighted by Crippen LogP contribution is -2.35. The Kier molecular flexibility index (Phi) is 4.76. The molecule has 0 unspecified atom stereocenters. The van der Waals surface area contributed by atoms with E-state index in [1.54, 1.807) is 0 Å². The van der Waals surface area contributed by atoms with E-state index < -0.39 is 0 Å². The van der Waals surface area contributed by atoms with E-state index in [4.69, 9.17) is 4.42 Å². The summed E-state index contributed by atoms with van der Waals surface area (Å²) in [6, 6.07) is 0. The molecule has 130 valence electrons. The Labute approximate surface area is 143 Å². The zero-order valence-corrected chi connectivity index (χ0v) is 15.0. The zero-order valence-electron chi connectivity index (χ0n) is 15.0. The number of hydrogen-bond acceptors (Lipinski definition) is 4. The van der Waals surface area contributed by atoms with Gasteiger partial charge in [0.05, 0.1) is 12.1 Å². The van der Waals surface area contributed by atoms with Crippen LogP contribution in [0.15, 0.2) is 16.8 Å². The van der Waals surface area contributed by atoms with Crippen molar-refractivity contribution >= 4 is 5.91 Å². The Balaban J connectivity index is 1.67. The Morgan fingerprint density at radius 3 is 2.58 bits per heavy atom. The molecule has 6 nitrogen and oxygen atoms in total. The fourth-order valence-electron chi connectivity index (χ4n) is 3.35. The van der Waals surface area contributed by atoms with Crippen molar-refractivity contribution in [2.45, 2.75) is 33.7 Å². The minimum absolute atomic E-state index is 0.0979. The molecule has 6 heteroatoms. The molecule has 1 amide bonds. The molecule has 0 aromatic carbocycles. The Hall–Kier alpha value is -2.08. The molecule has 0 radical (unpaired) electrons. The Morgan fingerprint density at radius 1 is 1.17 bits per heavy atom. The minimum atomic E-state index is 0.0979. The number of nitrogens with zero attached hydrogens (tertiary/aromatic N) is 4. The predicted molar refractivity (Wildman–Crippen MR) is 91.9 cm³/mol. The first kappa shape index (κ1) is 16.8. The molecule has 2 aromatic rings. The fraction of sp³-hybridized carbons (Fsp3) is 0.556. The standard InChI is InChI=1S/C18H26N4O2/c1-13-14(2)24-15(3)17(13)18(23)22-8-5-7-21(10-11-22)12-16-19-6-9-20(16)4/h6,9H,5,7-8,10-12H2,1-4H3. The summed E-state index contributed by atoms with van der Waals surface area (Å²) in [5, 5.41) is 0. The van der Waals surface area contributed by atoms with E-state index in [2.05, 4.69) is 14.5 Å². The smallest absolute Gasteiger partial charge is 0.257 e. The molecule has 1 fully saturated rings. The van der Waals surface area contributed by atoms with Crippen LogP contribution in [0.5, 0.6) is 0 Å². The third-order valence-corrected chi connectivity index (χ3v) is 4.94. The molecule has 24 heavy (non-hydrogen) atoms. The maximum atomic E-state index is 12.9. The molecular formula is C18H26N4O2. The van der Waals surface area contributed by atoms with E-state index in [0.29, 0.717) is 0 Å². The first-order chi connectivity index (χ1) is 11.5. The highest BCUT2D eigenvalue weighted by molar-refractivity contribution is 5.96. The molecule has 0 saturated carbocycles. The molecule has 3 heterocycles. The van der Waals surface area contributed by atoms with Crippen LogP contribution in [0.4, 0.5) is 0 Å². The van der Waals surface area contributed by atoms with Crippen molar-refractivity contribution < 1.29 is 9.21 Å². The van der Waals surface area contributed by atoms with E-state index in [-0.39, 0.29) is 5.91 Å². The number of rotatable bonds is 3. The van der Waals surface area contributed by atoms with Crippen LogP contribution in [0, 0.1) is 20.8 Å². The molecule has 1 saturated heterocycles. The number of imidazole rings is 1. The van der Waals surface area contributed by atoms with Gasteiger partial charge >= 0.3 is 0 Å². The summed E-state index contributed by atoms with van der Waals surface area (Å²) in [7, 11) is 2.02. The van der Waals surface area contributed by atoms with Gasteiger partial charge in [-0.25, -0.2) is 4.98 Å². The van der Waals surface area contributed by atoms with Gasteiger partial charge in [-0.3, -0.25) is 9.69 Å². The van der Waals surface area contributed by atoms with E-state index >= 15 is 0 Å². The summed E-state index contributed by atoms with van der Waals surface area (Å²) < 4.78 is 7.67. The van der Waals surface area contributed by atoms with Crippen molar-refractivity contribution in [1.82, 2.24) is 19.4 Å². The Morgan fingerprint density at radius 2 is 1.96 bits per heavy atom. The maximum Gasteiger partial charge on any atom is 0.257 e. The van der Waals surface area contributed by atoms with Crippen molar-refractivity contribution in [3.63, 3.8) is 0 Å². The van der Waals surface area contributed by atoms with Crippen molar-refractivity contribution in [1.29, 1.82) is 0 Å². The van der Waals surface area contributed by atoms with Crippen LogP contribution < -0.4 is 0 Å². The number of aryl methyl sites for hydroxylation is 3. The normalized spacial score (nSPS) is 16.4. The molecule has 2 aromatic heterocycles. The van der Waals surface area contributed by atoms with Crippen molar-refractivity contribution in [2.75, 3.05) is 26.2 Å². The topological polar surface area (TPSA) is 54.5 Å². The lowest BCUT2D eigenvalue weighted by molar-refractivity contribution is 0.0758. The predicted octanol–water partition coefficient (Wildman–Crippen LogP) is 2.29. The quantitative estimate of drug-likeness (QED) is 0.866. The third kappa shape index (κ3) is 3.24. The van der Waals surface area contributed by atoms with Crippen molar-refractivity contribution in [3.05, 3.63) is 40.9 Å². The lowest BCUT2D eigenvalue weighted by Gasteiger charge is -2.22. The largest absolute Gasteiger partial charge is 0.466 e. The van der Waals surface area contributed by atoms with Gasteiger partial charge in [-0.05, 0) is 27.2 Å². The molecule has 1 aliphatic rings. The van der Waals surface area contributed by atoms with E-state index in [0.717, 1.165) is 67.6 Å². The van der Waals surface area contributed by atoms with Gasteiger partial charge in [0.15, 0.2) is 0 Å². The average Bonchev–Trinajstić information content (AvgIpc) is 2.94. The molecule has 0 N–H and O–H groups in total. The summed E-state index contributed by atoms with van der Waals surface area (Å²) in [5.74, 6) is 2.72. The van der Waals surface area contributed by atoms with Crippen LogP contribution in [0.3, 0.4) is 0 Å². The number of aromatic nitrogens is 2. The van der Waals surface area contributed by atoms with Gasteiger partial charge < -0.3 is 13.9 Å². The van der Waals surface area contributed by atoms with Crippen LogP contribution in [-0.2, 0) is 13.6 Å². The van der Waals surface area contributed by atoms with Crippen molar-refractivity contribution in [3.8, 4) is 0 Å². The highest BCUT2D eigenvalue weighted by Gasteiger charge is 2.25. The molecule has 0 bridgehead atoms.